The molecule has 1 atom stereocenters. The van der Waals surface area contributed by atoms with Gasteiger partial charge in [-0.2, -0.15) is 0 Å². The molecule has 1 fully saturated rings. The highest BCUT2D eigenvalue weighted by Crippen LogP contribution is 2.22. The second kappa shape index (κ2) is 5.87. The van der Waals surface area contributed by atoms with E-state index < -0.39 is 0 Å². The second-order valence-electron chi connectivity index (χ2n) is 4.55. The number of hydrogen-bond acceptors (Lipinski definition) is 3. The van der Waals surface area contributed by atoms with Gasteiger partial charge in [0.1, 0.15) is 5.75 Å². The summed E-state index contributed by atoms with van der Waals surface area (Å²) in [6, 6.07) is 7.54. The summed E-state index contributed by atoms with van der Waals surface area (Å²) < 4.78 is 5.24. The minimum Gasteiger partial charge on any atom is -0.496 e. The van der Waals surface area contributed by atoms with Crippen molar-refractivity contribution in [2.75, 3.05) is 20.3 Å². The van der Waals surface area contributed by atoms with Crippen LogP contribution in [0.5, 0.6) is 5.75 Å². The molecule has 1 amide bonds. The average Bonchev–Trinajstić information content (AvgIpc) is 2.87. The molecule has 0 bridgehead atoms. The van der Waals surface area contributed by atoms with Crippen LogP contribution in [0.2, 0.25) is 0 Å². The Kier molecular flexibility index (Phi) is 4.20. The predicted octanol–water partition coefficient (Wildman–Crippen LogP) is 1.22. The SMILES string of the molecule is COc1ccccc1CC(=O)N1CCCC1CO. The van der Waals surface area contributed by atoms with E-state index in [0.29, 0.717) is 6.42 Å². The van der Waals surface area contributed by atoms with Crippen LogP contribution in [-0.4, -0.2) is 42.2 Å². The number of para-hydroxylation sites is 1. The minimum atomic E-state index is -0.00722. The predicted molar refractivity (Wildman–Crippen MR) is 68.5 cm³/mol. The maximum atomic E-state index is 12.2. The van der Waals surface area contributed by atoms with Crippen molar-refractivity contribution in [1.82, 2.24) is 4.90 Å². The number of ether oxygens (including phenoxy) is 1. The molecule has 1 saturated heterocycles. The lowest BCUT2D eigenvalue weighted by molar-refractivity contribution is -0.132. The lowest BCUT2D eigenvalue weighted by Gasteiger charge is -2.23. The average molecular weight is 249 g/mol. The van der Waals surface area contributed by atoms with Crippen molar-refractivity contribution in [3.63, 3.8) is 0 Å². The van der Waals surface area contributed by atoms with E-state index in [-0.39, 0.29) is 18.6 Å². The van der Waals surface area contributed by atoms with Gasteiger partial charge in [0.25, 0.3) is 0 Å². The highest BCUT2D eigenvalue weighted by Gasteiger charge is 2.28. The van der Waals surface area contributed by atoms with Crippen molar-refractivity contribution in [2.24, 2.45) is 0 Å². The van der Waals surface area contributed by atoms with Gasteiger partial charge in [0, 0.05) is 12.1 Å². The van der Waals surface area contributed by atoms with Crippen LogP contribution in [0.15, 0.2) is 24.3 Å². The Bertz CT molecular complexity index is 419. The first-order valence-electron chi connectivity index (χ1n) is 6.28. The maximum absolute atomic E-state index is 12.2. The highest BCUT2D eigenvalue weighted by atomic mass is 16.5. The van der Waals surface area contributed by atoms with Crippen molar-refractivity contribution in [1.29, 1.82) is 0 Å². The van der Waals surface area contributed by atoms with E-state index in [1.165, 1.54) is 0 Å². The zero-order chi connectivity index (χ0) is 13.0. The number of methoxy groups -OCH3 is 1. The van der Waals surface area contributed by atoms with Crippen LogP contribution in [-0.2, 0) is 11.2 Å². The fourth-order valence-corrected chi connectivity index (χ4v) is 2.47. The lowest BCUT2D eigenvalue weighted by atomic mass is 10.1. The molecule has 0 aliphatic carbocycles. The molecular weight excluding hydrogens is 230 g/mol. The van der Waals surface area contributed by atoms with E-state index in [1.54, 1.807) is 12.0 Å². The van der Waals surface area contributed by atoms with Crippen molar-refractivity contribution >= 4 is 5.91 Å². The van der Waals surface area contributed by atoms with Crippen molar-refractivity contribution in [3.8, 4) is 5.75 Å². The van der Waals surface area contributed by atoms with Gasteiger partial charge in [-0.1, -0.05) is 18.2 Å². The lowest BCUT2D eigenvalue weighted by Crippen LogP contribution is -2.38. The quantitative estimate of drug-likeness (QED) is 0.873. The Balaban J connectivity index is 2.07. The molecule has 0 radical (unpaired) electrons. The number of benzene rings is 1. The Morgan fingerprint density at radius 3 is 3.00 bits per heavy atom. The van der Waals surface area contributed by atoms with Crippen LogP contribution in [0.25, 0.3) is 0 Å². The van der Waals surface area contributed by atoms with Gasteiger partial charge in [0.05, 0.1) is 26.2 Å². The number of likely N-dealkylation sites (tertiary alicyclic amines) is 1. The fraction of sp³-hybridized carbons (Fsp3) is 0.500. The van der Waals surface area contributed by atoms with E-state index in [1.807, 2.05) is 24.3 Å². The van der Waals surface area contributed by atoms with Crippen molar-refractivity contribution in [2.45, 2.75) is 25.3 Å². The maximum Gasteiger partial charge on any atom is 0.227 e. The van der Waals surface area contributed by atoms with Gasteiger partial charge < -0.3 is 14.7 Å². The van der Waals surface area contributed by atoms with E-state index in [4.69, 9.17) is 4.74 Å². The Morgan fingerprint density at radius 1 is 1.50 bits per heavy atom. The summed E-state index contributed by atoms with van der Waals surface area (Å²) in [7, 11) is 1.61. The zero-order valence-corrected chi connectivity index (χ0v) is 10.6. The highest BCUT2D eigenvalue weighted by molar-refractivity contribution is 5.80. The molecule has 1 aromatic rings. The van der Waals surface area contributed by atoms with Crippen molar-refractivity contribution < 1.29 is 14.6 Å². The summed E-state index contributed by atoms with van der Waals surface area (Å²) in [5.41, 5.74) is 0.897. The number of carbonyl (C=O) groups excluding carboxylic acids is 1. The second-order valence-corrected chi connectivity index (χ2v) is 4.55. The zero-order valence-electron chi connectivity index (χ0n) is 10.6. The van der Waals surface area contributed by atoms with E-state index in [9.17, 15) is 9.90 Å². The number of aliphatic hydroxyl groups is 1. The van der Waals surface area contributed by atoms with E-state index >= 15 is 0 Å². The third kappa shape index (κ3) is 2.64. The molecule has 2 rings (SSSR count). The van der Waals surface area contributed by atoms with Crippen LogP contribution < -0.4 is 4.74 Å². The summed E-state index contributed by atoms with van der Waals surface area (Å²) in [6.45, 7) is 0.802. The Hall–Kier alpha value is -1.55. The topological polar surface area (TPSA) is 49.8 Å². The molecular formula is C14H19NO3. The van der Waals surface area contributed by atoms with Gasteiger partial charge in [-0.3, -0.25) is 4.79 Å². The van der Waals surface area contributed by atoms with Crippen LogP contribution in [0.1, 0.15) is 18.4 Å². The number of amides is 1. The molecule has 0 saturated carbocycles. The molecule has 4 heteroatoms. The fourth-order valence-electron chi connectivity index (χ4n) is 2.47. The Labute approximate surface area is 107 Å². The first kappa shape index (κ1) is 12.9. The summed E-state index contributed by atoms with van der Waals surface area (Å²) in [5, 5.41) is 9.23. The normalized spacial score (nSPS) is 19.0. The largest absolute Gasteiger partial charge is 0.496 e. The molecule has 1 N–H and O–H groups in total. The number of carbonyl (C=O) groups is 1. The number of hydrogen-bond donors (Lipinski definition) is 1. The van der Waals surface area contributed by atoms with Gasteiger partial charge in [-0.25, -0.2) is 0 Å². The van der Waals surface area contributed by atoms with Gasteiger partial charge in [-0.05, 0) is 18.9 Å². The molecule has 18 heavy (non-hydrogen) atoms. The molecule has 4 nitrogen and oxygen atoms in total. The summed E-state index contributed by atoms with van der Waals surface area (Å²) in [4.78, 5) is 14.0. The smallest absolute Gasteiger partial charge is 0.227 e. The molecule has 1 aliphatic heterocycles. The van der Waals surface area contributed by atoms with Gasteiger partial charge in [0.2, 0.25) is 5.91 Å². The van der Waals surface area contributed by atoms with Crippen LogP contribution >= 0.6 is 0 Å². The Morgan fingerprint density at radius 2 is 2.28 bits per heavy atom. The minimum absolute atomic E-state index is 0.00722. The molecule has 1 aliphatic rings. The monoisotopic (exact) mass is 249 g/mol. The molecule has 0 spiro atoms. The van der Waals surface area contributed by atoms with Crippen LogP contribution in [0.3, 0.4) is 0 Å². The molecule has 1 heterocycles. The van der Waals surface area contributed by atoms with Gasteiger partial charge in [0.15, 0.2) is 0 Å². The van der Waals surface area contributed by atoms with E-state index in [0.717, 1.165) is 30.7 Å². The molecule has 1 aromatic carbocycles. The molecule has 98 valence electrons. The van der Waals surface area contributed by atoms with E-state index in [2.05, 4.69) is 0 Å². The molecule has 1 unspecified atom stereocenters. The first-order valence-corrected chi connectivity index (χ1v) is 6.28. The third-order valence-electron chi connectivity index (χ3n) is 3.44. The van der Waals surface area contributed by atoms with Gasteiger partial charge >= 0.3 is 0 Å². The summed E-state index contributed by atoms with van der Waals surface area (Å²) >= 11 is 0. The number of aliphatic hydroxyl groups excluding tert-OH is 1. The van der Waals surface area contributed by atoms with Crippen molar-refractivity contribution in [3.05, 3.63) is 29.8 Å². The van der Waals surface area contributed by atoms with Crippen LogP contribution in [0.4, 0.5) is 0 Å². The number of nitrogens with zero attached hydrogens (tertiary/aromatic N) is 1. The van der Waals surface area contributed by atoms with Crippen LogP contribution in [0, 0.1) is 0 Å². The number of rotatable bonds is 4. The molecule has 0 aromatic heterocycles. The summed E-state index contributed by atoms with van der Waals surface area (Å²) in [5.74, 6) is 0.807. The van der Waals surface area contributed by atoms with Gasteiger partial charge in [-0.15, -0.1) is 0 Å². The summed E-state index contributed by atoms with van der Waals surface area (Å²) in [6.07, 6.45) is 2.21. The first-order chi connectivity index (χ1) is 8.76. The third-order valence-corrected chi connectivity index (χ3v) is 3.44. The standard InChI is InChI=1S/C14H19NO3/c1-18-13-7-3-2-5-11(13)9-14(17)15-8-4-6-12(15)10-16/h2-3,5,7,12,16H,4,6,8-10H2,1H3.